The molecule has 1 heterocycles. The lowest BCUT2D eigenvalue weighted by Crippen LogP contribution is -1.91. The summed E-state index contributed by atoms with van der Waals surface area (Å²) in [6.45, 7) is 0. The van der Waals surface area contributed by atoms with Crippen molar-refractivity contribution in [1.82, 2.24) is 0 Å². The Morgan fingerprint density at radius 2 is 0.787 bits per heavy atom. The van der Waals surface area contributed by atoms with E-state index in [-0.39, 0.29) is 0 Å². The molecule has 0 aliphatic rings. The molecule has 1 aromatic heterocycles. The maximum absolute atomic E-state index is 6.37. The average molecular weight is 597 g/mol. The van der Waals surface area contributed by atoms with Crippen molar-refractivity contribution in [2.24, 2.45) is 0 Å². The van der Waals surface area contributed by atoms with E-state index in [1.807, 2.05) is 12.1 Å². The van der Waals surface area contributed by atoms with Crippen molar-refractivity contribution in [1.29, 1.82) is 0 Å². The number of rotatable bonds is 3. The Hall–Kier alpha value is -6.18. The lowest BCUT2D eigenvalue weighted by Gasteiger charge is -2.18. The van der Waals surface area contributed by atoms with E-state index in [1.54, 1.807) is 0 Å². The highest BCUT2D eigenvalue weighted by Crippen LogP contribution is 2.45. The van der Waals surface area contributed by atoms with Gasteiger partial charge < -0.3 is 4.42 Å². The lowest BCUT2D eigenvalue weighted by molar-refractivity contribution is 0.670. The Kier molecular flexibility index (Phi) is 5.64. The van der Waals surface area contributed by atoms with E-state index >= 15 is 0 Å². The van der Waals surface area contributed by atoms with Gasteiger partial charge in [-0.1, -0.05) is 158 Å². The van der Waals surface area contributed by atoms with E-state index in [1.165, 1.54) is 65.3 Å². The molecule has 10 aromatic rings. The average Bonchev–Trinajstić information content (AvgIpc) is 3.53. The molecule has 1 heteroatoms. The van der Waals surface area contributed by atoms with Crippen LogP contribution in [0.3, 0.4) is 0 Å². The molecule has 0 aliphatic heterocycles. The molecule has 0 saturated carbocycles. The number of hydrogen-bond acceptors (Lipinski definition) is 1. The zero-order valence-electron chi connectivity index (χ0n) is 25.6. The van der Waals surface area contributed by atoms with Crippen LogP contribution in [0, 0.1) is 0 Å². The first kappa shape index (κ1) is 26.1. The maximum Gasteiger partial charge on any atom is 0.143 e. The van der Waals surface area contributed by atoms with Crippen LogP contribution in [0.1, 0.15) is 0 Å². The fourth-order valence-corrected chi connectivity index (χ4v) is 7.70. The summed E-state index contributed by atoms with van der Waals surface area (Å²) in [5.74, 6) is 0. The van der Waals surface area contributed by atoms with Crippen LogP contribution in [0.25, 0.3) is 98.4 Å². The van der Waals surface area contributed by atoms with Crippen molar-refractivity contribution in [3.63, 3.8) is 0 Å². The Morgan fingerprint density at radius 3 is 1.49 bits per heavy atom. The standard InChI is InChI=1S/C46H28O/c1-2-11-34-29(10-1)20-21-31-24-27-33(28-42(31)34)45-39-15-5-3-13-37(39)44(38-14-4-6-16-40(38)45)32-25-22-30(23-26-32)35-17-9-18-41-36-12-7-8-19-43(36)47-46(35)41/h1-28H. The van der Waals surface area contributed by atoms with Crippen LogP contribution in [-0.4, -0.2) is 0 Å². The Morgan fingerprint density at radius 1 is 0.298 bits per heavy atom. The minimum absolute atomic E-state index is 0.921. The van der Waals surface area contributed by atoms with Crippen LogP contribution in [0.15, 0.2) is 174 Å². The van der Waals surface area contributed by atoms with Gasteiger partial charge in [-0.2, -0.15) is 0 Å². The third kappa shape index (κ3) is 3.97. The SMILES string of the molecule is c1ccc2c(c1)ccc1ccc(-c3c4ccccc4c(-c4ccc(-c5cccc6c5oc5ccccc56)cc4)c4ccccc34)cc12. The summed E-state index contributed by atoms with van der Waals surface area (Å²) < 4.78 is 6.37. The number of furan rings is 1. The summed E-state index contributed by atoms with van der Waals surface area (Å²) in [6.07, 6.45) is 0. The first-order valence-corrected chi connectivity index (χ1v) is 16.2. The van der Waals surface area contributed by atoms with Crippen molar-refractivity contribution in [3.05, 3.63) is 170 Å². The highest BCUT2D eigenvalue weighted by atomic mass is 16.3. The van der Waals surface area contributed by atoms with E-state index < -0.39 is 0 Å². The van der Waals surface area contributed by atoms with Crippen LogP contribution < -0.4 is 0 Å². The topological polar surface area (TPSA) is 13.1 Å². The van der Waals surface area contributed by atoms with Gasteiger partial charge in [-0.3, -0.25) is 0 Å². The van der Waals surface area contributed by atoms with Crippen LogP contribution in [-0.2, 0) is 0 Å². The van der Waals surface area contributed by atoms with E-state index in [2.05, 4.69) is 158 Å². The Bertz CT molecular complexity index is 2780. The van der Waals surface area contributed by atoms with Gasteiger partial charge in [-0.15, -0.1) is 0 Å². The monoisotopic (exact) mass is 596 g/mol. The molecule has 0 unspecified atom stereocenters. The second-order valence-corrected chi connectivity index (χ2v) is 12.4. The Balaban J connectivity index is 1.18. The molecular formula is C46H28O. The van der Waals surface area contributed by atoms with Crippen LogP contribution >= 0.6 is 0 Å². The number of benzene rings is 9. The lowest BCUT2D eigenvalue weighted by atomic mass is 9.85. The van der Waals surface area contributed by atoms with E-state index in [0.29, 0.717) is 0 Å². The maximum atomic E-state index is 6.37. The summed E-state index contributed by atoms with van der Waals surface area (Å²) in [5.41, 5.74) is 9.10. The summed E-state index contributed by atoms with van der Waals surface area (Å²) in [5, 5.41) is 12.4. The fourth-order valence-electron chi connectivity index (χ4n) is 7.70. The van der Waals surface area contributed by atoms with Crippen LogP contribution in [0.5, 0.6) is 0 Å². The summed E-state index contributed by atoms with van der Waals surface area (Å²) in [6, 6.07) is 61.6. The van der Waals surface area contributed by atoms with Gasteiger partial charge in [-0.25, -0.2) is 0 Å². The molecule has 0 atom stereocenters. The largest absolute Gasteiger partial charge is 0.455 e. The minimum Gasteiger partial charge on any atom is -0.455 e. The first-order valence-electron chi connectivity index (χ1n) is 16.2. The van der Waals surface area contributed by atoms with Crippen LogP contribution in [0.2, 0.25) is 0 Å². The second-order valence-electron chi connectivity index (χ2n) is 12.4. The molecule has 0 bridgehead atoms. The van der Waals surface area contributed by atoms with Crippen LogP contribution in [0.4, 0.5) is 0 Å². The highest BCUT2D eigenvalue weighted by Gasteiger charge is 2.18. The summed E-state index contributed by atoms with van der Waals surface area (Å²) in [4.78, 5) is 0. The number of hydrogen-bond donors (Lipinski definition) is 0. The molecular weight excluding hydrogens is 569 g/mol. The Labute approximate surface area is 271 Å². The highest BCUT2D eigenvalue weighted by molar-refractivity contribution is 6.22. The molecule has 47 heavy (non-hydrogen) atoms. The molecule has 0 aliphatic carbocycles. The van der Waals surface area contributed by atoms with E-state index in [0.717, 1.165) is 33.1 Å². The minimum atomic E-state index is 0.921. The fraction of sp³-hybridized carbons (Fsp3) is 0. The normalized spacial score (nSPS) is 11.8. The third-order valence-electron chi connectivity index (χ3n) is 9.86. The van der Waals surface area contributed by atoms with Gasteiger partial charge >= 0.3 is 0 Å². The molecule has 0 fully saturated rings. The smallest absolute Gasteiger partial charge is 0.143 e. The molecule has 0 radical (unpaired) electrons. The van der Waals surface area contributed by atoms with Gasteiger partial charge in [0.05, 0.1) is 0 Å². The molecule has 1 nitrogen and oxygen atoms in total. The van der Waals surface area contributed by atoms with Crippen molar-refractivity contribution in [2.75, 3.05) is 0 Å². The van der Waals surface area contributed by atoms with Crippen molar-refractivity contribution < 1.29 is 4.42 Å². The third-order valence-corrected chi connectivity index (χ3v) is 9.86. The number of fused-ring (bicyclic) bond motifs is 8. The molecule has 0 spiro atoms. The van der Waals surface area contributed by atoms with Gasteiger partial charge in [-0.05, 0) is 83.0 Å². The molecule has 218 valence electrons. The van der Waals surface area contributed by atoms with Gasteiger partial charge in [0.1, 0.15) is 11.2 Å². The summed E-state index contributed by atoms with van der Waals surface area (Å²) >= 11 is 0. The van der Waals surface area contributed by atoms with E-state index in [4.69, 9.17) is 4.42 Å². The first-order chi connectivity index (χ1) is 23.3. The van der Waals surface area contributed by atoms with Gasteiger partial charge in [0, 0.05) is 16.3 Å². The van der Waals surface area contributed by atoms with Gasteiger partial charge in [0.15, 0.2) is 0 Å². The number of para-hydroxylation sites is 2. The molecule has 0 saturated heterocycles. The second kappa shape index (κ2) is 10.2. The van der Waals surface area contributed by atoms with Crippen molar-refractivity contribution >= 4 is 65.0 Å². The van der Waals surface area contributed by atoms with Crippen molar-refractivity contribution in [2.45, 2.75) is 0 Å². The van der Waals surface area contributed by atoms with E-state index in [9.17, 15) is 0 Å². The molecule has 9 aromatic carbocycles. The quantitative estimate of drug-likeness (QED) is 0.146. The summed E-state index contributed by atoms with van der Waals surface area (Å²) in [7, 11) is 0. The predicted molar refractivity (Wildman–Crippen MR) is 200 cm³/mol. The van der Waals surface area contributed by atoms with Crippen molar-refractivity contribution in [3.8, 4) is 33.4 Å². The predicted octanol–water partition coefficient (Wildman–Crippen LogP) is 13.2. The zero-order chi connectivity index (χ0) is 30.9. The molecule has 10 rings (SSSR count). The van der Waals surface area contributed by atoms with Gasteiger partial charge in [0.25, 0.3) is 0 Å². The van der Waals surface area contributed by atoms with Gasteiger partial charge in [0.2, 0.25) is 0 Å². The zero-order valence-corrected chi connectivity index (χ0v) is 25.6. The molecule has 0 N–H and O–H groups in total. The molecule has 0 amide bonds.